The average Bonchev–Trinajstić information content (AvgIpc) is 2.41. The second kappa shape index (κ2) is 11.1. The van der Waals surface area contributed by atoms with E-state index in [1.165, 1.54) is 14.0 Å². The largest absolute Gasteiger partial charge is 0.467 e. The molecule has 0 aromatic carbocycles. The van der Waals surface area contributed by atoms with Gasteiger partial charge in [-0.15, -0.1) is 0 Å². The van der Waals surface area contributed by atoms with Crippen LogP contribution in [-0.4, -0.2) is 59.3 Å². The van der Waals surface area contributed by atoms with E-state index >= 15 is 0 Å². The lowest BCUT2D eigenvalue weighted by atomic mass is 10.0. The van der Waals surface area contributed by atoms with Gasteiger partial charge in [0.2, 0.25) is 0 Å². The van der Waals surface area contributed by atoms with Crippen molar-refractivity contribution in [2.24, 2.45) is 0 Å². The van der Waals surface area contributed by atoms with Gasteiger partial charge in [-0.25, -0.2) is 14.4 Å². The minimum Gasteiger partial charge on any atom is -0.467 e. The van der Waals surface area contributed by atoms with Crippen LogP contribution < -0.4 is 10.6 Å². The third-order valence-electron chi connectivity index (χ3n) is 3.08. The number of nitrogens with one attached hydrogen (secondary N) is 2. The fraction of sp³-hybridized carbons (Fsp3) is 0.842. The summed E-state index contributed by atoms with van der Waals surface area (Å²) in [5.41, 5.74) is -2.03. The van der Waals surface area contributed by atoms with Crippen LogP contribution in [0.1, 0.15) is 69.2 Å². The molecule has 3 N–H and O–H groups in total. The molecule has 9 heteroatoms. The van der Waals surface area contributed by atoms with Crippen molar-refractivity contribution in [2.75, 3.05) is 7.11 Å². The average molecular weight is 407 g/mol. The molecule has 0 rings (SSSR count). The monoisotopic (exact) mass is 406 g/mol. The topological polar surface area (TPSA) is 123 Å². The molecule has 0 aliphatic rings. The second-order valence-electron chi connectivity index (χ2n) is 8.91. The minimum atomic E-state index is -0.948. The first-order chi connectivity index (χ1) is 12.3. The van der Waals surface area contributed by atoms with Crippen molar-refractivity contribution >= 4 is 18.2 Å². The summed E-state index contributed by atoms with van der Waals surface area (Å²) in [6.07, 6.45) is -1.14. The first-order valence-electron chi connectivity index (χ1n) is 9.07. The van der Waals surface area contributed by atoms with E-state index in [9.17, 15) is 19.5 Å². The highest BCUT2D eigenvalue weighted by Gasteiger charge is 2.26. The molecular formula is C19H38N2O7. The number of alkyl carbamates (subject to hydrolysis) is 2. The van der Waals surface area contributed by atoms with Crippen LogP contribution in [0.4, 0.5) is 9.59 Å². The first-order valence-corrected chi connectivity index (χ1v) is 9.07. The highest BCUT2D eigenvalue weighted by molar-refractivity contribution is 5.80. The summed E-state index contributed by atoms with van der Waals surface area (Å²) in [6.45, 7) is 17.1. The molecule has 0 bridgehead atoms. The zero-order valence-electron chi connectivity index (χ0n) is 19.1. The number of hydrogen-bond acceptors (Lipinski definition) is 7. The van der Waals surface area contributed by atoms with Crippen molar-refractivity contribution in [3.8, 4) is 0 Å². The molecule has 0 aliphatic heterocycles. The second-order valence-corrected chi connectivity index (χ2v) is 8.91. The van der Waals surface area contributed by atoms with Gasteiger partial charge < -0.3 is 30.0 Å². The summed E-state index contributed by atoms with van der Waals surface area (Å²) in [6, 6.07) is -1.05. The Morgan fingerprint density at radius 1 is 0.786 bits per heavy atom. The fourth-order valence-corrected chi connectivity index (χ4v) is 1.38. The highest BCUT2D eigenvalue weighted by Crippen LogP contribution is 2.10. The maximum atomic E-state index is 11.3. The molecule has 9 nitrogen and oxygen atoms in total. The van der Waals surface area contributed by atoms with Gasteiger partial charge in [0, 0.05) is 0 Å². The maximum absolute atomic E-state index is 11.3. The number of esters is 1. The van der Waals surface area contributed by atoms with E-state index in [0.717, 1.165) is 0 Å². The van der Waals surface area contributed by atoms with E-state index < -0.39 is 41.0 Å². The quantitative estimate of drug-likeness (QED) is 0.484. The molecule has 0 fully saturated rings. The van der Waals surface area contributed by atoms with Crippen molar-refractivity contribution in [3.05, 3.63) is 0 Å². The minimum absolute atomic E-state index is 0.350. The molecule has 0 aliphatic carbocycles. The van der Waals surface area contributed by atoms with Crippen LogP contribution in [0.25, 0.3) is 0 Å². The molecule has 0 aromatic rings. The standard InChI is InChI=1S/C10H21NO3.C9H17NO4/c1-7(10(5,6)13)11-8(12)14-9(2,3)4;1-6(7(11)13-5)10-8(12)14-9(2,3)4/h7,13H,1-6H3,(H,11,12);6H,1-5H3,(H,10,12)/t7-;6-/m00/s1. The summed E-state index contributed by atoms with van der Waals surface area (Å²) < 4.78 is 14.4. The van der Waals surface area contributed by atoms with Gasteiger partial charge in [-0.1, -0.05) is 0 Å². The third kappa shape index (κ3) is 16.2. The third-order valence-corrected chi connectivity index (χ3v) is 3.08. The van der Waals surface area contributed by atoms with Gasteiger partial charge in [-0.05, 0) is 69.2 Å². The van der Waals surface area contributed by atoms with Gasteiger partial charge in [0.25, 0.3) is 0 Å². The van der Waals surface area contributed by atoms with Gasteiger partial charge >= 0.3 is 18.2 Å². The van der Waals surface area contributed by atoms with Crippen molar-refractivity contribution < 1.29 is 33.7 Å². The Morgan fingerprint density at radius 2 is 1.14 bits per heavy atom. The van der Waals surface area contributed by atoms with Crippen LogP contribution in [0.5, 0.6) is 0 Å². The fourth-order valence-electron chi connectivity index (χ4n) is 1.38. The lowest BCUT2D eigenvalue weighted by Crippen LogP contribution is -2.48. The van der Waals surface area contributed by atoms with Gasteiger partial charge in [0.15, 0.2) is 0 Å². The molecule has 166 valence electrons. The predicted molar refractivity (Wildman–Crippen MR) is 106 cm³/mol. The van der Waals surface area contributed by atoms with E-state index in [4.69, 9.17) is 9.47 Å². The van der Waals surface area contributed by atoms with Crippen LogP contribution in [0, 0.1) is 0 Å². The zero-order chi connectivity index (χ0) is 22.9. The number of carbonyl (C=O) groups is 3. The van der Waals surface area contributed by atoms with E-state index in [-0.39, 0.29) is 6.04 Å². The van der Waals surface area contributed by atoms with E-state index in [2.05, 4.69) is 15.4 Å². The van der Waals surface area contributed by atoms with Gasteiger partial charge in [0.1, 0.15) is 17.2 Å². The van der Waals surface area contributed by atoms with Crippen LogP contribution in [0.15, 0.2) is 0 Å². The Hall–Kier alpha value is -2.03. The van der Waals surface area contributed by atoms with Crippen LogP contribution >= 0.6 is 0 Å². The number of aliphatic hydroxyl groups is 1. The maximum Gasteiger partial charge on any atom is 0.408 e. The van der Waals surface area contributed by atoms with Crippen molar-refractivity contribution in [1.29, 1.82) is 0 Å². The van der Waals surface area contributed by atoms with Gasteiger partial charge in [-0.2, -0.15) is 0 Å². The summed E-state index contributed by atoms with van der Waals surface area (Å²) in [5.74, 6) is -0.504. The number of amides is 2. The molecular weight excluding hydrogens is 368 g/mol. The smallest absolute Gasteiger partial charge is 0.408 e. The molecule has 0 radical (unpaired) electrons. The molecule has 0 unspecified atom stereocenters. The van der Waals surface area contributed by atoms with E-state index in [1.54, 1.807) is 62.3 Å². The van der Waals surface area contributed by atoms with E-state index in [1.807, 2.05) is 0 Å². The van der Waals surface area contributed by atoms with E-state index in [0.29, 0.717) is 0 Å². The number of ether oxygens (including phenoxy) is 3. The number of hydrogen-bond donors (Lipinski definition) is 3. The first kappa shape index (κ1) is 28.2. The Kier molecular flexibility index (Phi) is 11.2. The van der Waals surface area contributed by atoms with Crippen molar-refractivity contribution in [1.82, 2.24) is 10.6 Å². The molecule has 2 atom stereocenters. The van der Waals surface area contributed by atoms with Crippen LogP contribution in [0.3, 0.4) is 0 Å². The summed E-state index contributed by atoms with van der Waals surface area (Å²) in [5, 5.41) is 14.5. The Labute approximate surface area is 168 Å². The molecule has 0 spiro atoms. The summed E-state index contributed by atoms with van der Waals surface area (Å²) in [4.78, 5) is 33.3. The molecule has 2 amide bonds. The number of methoxy groups -OCH3 is 1. The number of carbonyl (C=O) groups excluding carboxylic acids is 3. The zero-order valence-corrected chi connectivity index (χ0v) is 19.1. The van der Waals surface area contributed by atoms with Crippen LogP contribution in [-0.2, 0) is 19.0 Å². The summed E-state index contributed by atoms with van der Waals surface area (Å²) >= 11 is 0. The van der Waals surface area contributed by atoms with Crippen molar-refractivity contribution in [2.45, 2.75) is 98.1 Å². The lowest BCUT2D eigenvalue weighted by Gasteiger charge is -2.28. The van der Waals surface area contributed by atoms with Gasteiger partial charge in [0.05, 0.1) is 18.8 Å². The highest BCUT2D eigenvalue weighted by atomic mass is 16.6. The Balaban J connectivity index is 0. The van der Waals surface area contributed by atoms with Crippen LogP contribution in [0.2, 0.25) is 0 Å². The molecule has 0 saturated carbocycles. The molecule has 0 aromatic heterocycles. The molecule has 0 heterocycles. The lowest BCUT2D eigenvalue weighted by molar-refractivity contribution is -0.142. The predicted octanol–water partition coefficient (Wildman–Crippen LogP) is 2.74. The van der Waals surface area contributed by atoms with Crippen molar-refractivity contribution in [3.63, 3.8) is 0 Å². The summed E-state index contributed by atoms with van der Waals surface area (Å²) in [7, 11) is 1.26. The number of rotatable bonds is 4. The van der Waals surface area contributed by atoms with Gasteiger partial charge in [-0.3, -0.25) is 0 Å². The Bertz CT molecular complexity index is 514. The normalized spacial score (nSPS) is 13.9. The molecule has 28 heavy (non-hydrogen) atoms. The SMILES string of the molecule is COC(=O)[C@H](C)NC(=O)OC(C)(C)C.C[C@H](NC(=O)OC(C)(C)C)C(C)(C)O. The Morgan fingerprint density at radius 3 is 1.43 bits per heavy atom. The molecule has 0 saturated heterocycles.